The van der Waals surface area contributed by atoms with Gasteiger partial charge in [0.15, 0.2) is 0 Å². The van der Waals surface area contributed by atoms with Gasteiger partial charge >= 0.3 is 0 Å². The van der Waals surface area contributed by atoms with Gasteiger partial charge in [-0.25, -0.2) is 0 Å². The van der Waals surface area contributed by atoms with Gasteiger partial charge in [0.1, 0.15) is 11.5 Å². The maximum atomic E-state index is 9.26. The number of hydrogen-bond donors (Lipinski definition) is 3. The summed E-state index contributed by atoms with van der Waals surface area (Å²) in [6, 6.07) is 12.2. The Morgan fingerprint density at radius 2 is 1.62 bits per heavy atom. The molecular weight excluding hydrogens is 313 g/mol. The summed E-state index contributed by atoms with van der Waals surface area (Å²) in [5.41, 5.74) is 0.818. The first-order valence-electron chi connectivity index (χ1n) is 6.33. The highest BCUT2D eigenvalue weighted by Gasteiger charge is 2.03. The molecule has 2 aromatic rings. The van der Waals surface area contributed by atoms with Crippen LogP contribution in [-0.4, -0.2) is 29.5 Å². The molecule has 2 aromatic carbocycles. The molecule has 0 radical (unpaired) electrons. The molecule has 0 aliphatic rings. The number of hydrogen-bond acceptors (Lipinski definition) is 4. The summed E-state index contributed by atoms with van der Waals surface area (Å²) in [4.78, 5) is 0. The highest BCUT2D eigenvalue weighted by Crippen LogP contribution is 2.28. The van der Waals surface area contributed by atoms with E-state index in [9.17, 15) is 5.11 Å². The summed E-state index contributed by atoms with van der Waals surface area (Å²) >= 11 is 11.8. The lowest BCUT2D eigenvalue weighted by Crippen LogP contribution is -2.22. The van der Waals surface area contributed by atoms with Crippen molar-refractivity contribution < 1.29 is 14.9 Å². The van der Waals surface area contributed by atoms with Gasteiger partial charge in [0.05, 0.1) is 12.7 Å². The highest BCUT2D eigenvalue weighted by atomic mass is 35.5. The van der Waals surface area contributed by atoms with Gasteiger partial charge in [-0.05, 0) is 42.5 Å². The van der Waals surface area contributed by atoms with E-state index in [1.165, 1.54) is 0 Å². The number of ether oxygens (including phenoxy) is 1. The first-order valence-corrected chi connectivity index (χ1v) is 7.09. The van der Waals surface area contributed by atoms with Crippen LogP contribution in [0.2, 0.25) is 10.0 Å². The molecule has 0 spiro atoms. The zero-order chi connectivity index (χ0) is 15.2. The van der Waals surface area contributed by atoms with Crippen LogP contribution in [0.3, 0.4) is 0 Å². The number of anilines is 1. The molecule has 0 bridgehead atoms. The Hall–Kier alpha value is -1.46. The average molecular weight is 328 g/mol. The van der Waals surface area contributed by atoms with Gasteiger partial charge in [-0.1, -0.05) is 23.2 Å². The molecule has 0 saturated carbocycles. The van der Waals surface area contributed by atoms with Crippen molar-refractivity contribution in [2.24, 2.45) is 0 Å². The fourth-order valence-corrected chi connectivity index (χ4v) is 2.17. The summed E-state index contributed by atoms with van der Waals surface area (Å²) in [5, 5.41) is 22.0. The van der Waals surface area contributed by atoms with Crippen molar-refractivity contribution in [3.05, 3.63) is 52.5 Å². The summed E-state index contributed by atoms with van der Waals surface area (Å²) in [6.07, 6.45) is -0.783. The molecule has 1 unspecified atom stereocenters. The zero-order valence-electron chi connectivity index (χ0n) is 11.1. The third-order valence-corrected chi connectivity index (χ3v) is 3.12. The van der Waals surface area contributed by atoms with Crippen molar-refractivity contribution in [2.45, 2.75) is 6.10 Å². The first kappa shape index (κ1) is 15.9. The average Bonchev–Trinajstić information content (AvgIpc) is 2.45. The van der Waals surface area contributed by atoms with E-state index < -0.39 is 6.10 Å². The zero-order valence-corrected chi connectivity index (χ0v) is 12.6. The Morgan fingerprint density at radius 1 is 1.00 bits per heavy atom. The molecule has 0 aromatic heterocycles. The van der Waals surface area contributed by atoms with Crippen molar-refractivity contribution in [2.75, 3.05) is 18.5 Å². The van der Waals surface area contributed by atoms with E-state index in [1.54, 1.807) is 30.3 Å². The van der Waals surface area contributed by atoms with Gasteiger partial charge in [-0.2, -0.15) is 0 Å². The Bertz CT molecular complexity index is 570. The number of aliphatic hydroxyl groups is 2. The number of rotatable bonds is 6. The minimum atomic E-state index is -0.783. The van der Waals surface area contributed by atoms with Gasteiger partial charge in [0.2, 0.25) is 0 Å². The van der Waals surface area contributed by atoms with Crippen LogP contribution < -0.4 is 10.1 Å². The van der Waals surface area contributed by atoms with Crippen molar-refractivity contribution in [3.63, 3.8) is 0 Å². The van der Waals surface area contributed by atoms with Crippen LogP contribution in [-0.2, 0) is 0 Å². The highest BCUT2D eigenvalue weighted by molar-refractivity contribution is 6.34. The van der Waals surface area contributed by atoms with Crippen molar-refractivity contribution >= 4 is 28.9 Å². The number of halogens is 2. The molecule has 21 heavy (non-hydrogen) atoms. The normalized spacial score (nSPS) is 12.0. The van der Waals surface area contributed by atoms with E-state index in [2.05, 4.69) is 5.32 Å². The van der Waals surface area contributed by atoms with Crippen LogP contribution in [0, 0.1) is 0 Å². The monoisotopic (exact) mass is 327 g/mol. The molecule has 0 aliphatic heterocycles. The second-order valence-electron chi connectivity index (χ2n) is 4.45. The Labute approximate surface area is 132 Å². The van der Waals surface area contributed by atoms with Crippen LogP contribution in [0.25, 0.3) is 0 Å². The second-order valence-corrected chi connectivity index (χ2v) is 5.32. The van der Waals surface area contributed by atoms with Crippen LogP contribution in [0.15, 0.2) is 42.5 Å². The fraction of sp³-hybridized carbons (Fsp3) is 0.200. The number of aliphatic hydroxyl groups excluding tert-OH is 2. The van der Waals surface area contributed by atoms with Gasteiger partial charge in [-0.3, -0.25) is 0 Å². The second kappa shape index (κ2) is 7.52. The van der Waals surface area contributed by atoms with E-state index in [1.807, 2.05) is 12.1 Å². The largest absolute Gasteiger partial charge is 0.457 e. The number of nitrogens with one attached hydrogen (secondary N) is 1. The van der Waals surface area contributed by atoms with Crippen LogP contribution >= 0.6 is 23.2 Å². The molecule has 1 atom stereocenters. The predicted octanol–water partition coefficient (Wildman–Crippen LogP) is 3.55. The minimum absolute atomic E-state index is 0.274. The lowest BCUT2D eigenvalue weighted by Gasteiger charge is -2.11. The SMILES string of the molecule is OCC(O)CNc1ccc(Oc2cc(Cl)cc(Cl)c2)cc1. The van der Waals surface area contributed by atoms with Crippen LogP contribution in [0.4, 0.5) is 5.69 Å². The molecule has 0 amide bonds. The summed E-state index contributed by atoms with van der Waals surface area (Å²) in [5.74, 6) is 1.20. The van der Waals surface area contributed by atoms with E-state index in [-0.39, 0.29) is 13.2 Å². The molecule has 3 N–H and O–H groups in total. The molecular formula is C15H15Cl2NO3. The molecule has 0 saturated heterocycles. The predicted molar refractivity (Wildman–Crippen MR) is 84.6 cm³/mol. The Kier molecular flexibility index (Phi) is 5.70. The molecule has 0 heterocycles. The molecule has 0 fully saturated rings. The van der Waals surface area contributed by atoms with Crippen molar-refractivity contribution in [3.8, 4) is 11.5 Å². The summed E-state index contributed by atoms with van der Waals surface area (Å²) in [6.45, 7) is 0.00429. The lowest BCUT2D eigenvalue weighted by atomic mass is 10.3. The van der Waals surface area contributed by atoms with Gasteiger partial charge in [0, 0.05) is 22.3 Å². The minimum Gasteiger partial charge on any atom is -0.457 e. The van der Waals surface area contributed by atoms with Crippen molar-refractivity contribution in [1.29, 1.82) is 0 Å². The topological polar surface area (TPSA) is 61.7 Å². The van der Waals surface area contributed by atoms with E-state index in [0.717, 1.165) is 5.69 Å². The molecule has 2 rings (SSSR count). The lowest BCUT2D eigenvalue weighted by molar-refractivity contribution is 0.105. The van der Waals surface area contributed by atoms with Crippen LogP contribution in [0.5, 0.6) is 11.5 Å². The molecule has 0 aliphatic carbocycles. The van der Waals surface area contributed by atoms with Gasteiger partial charge < -0.3 is 20.3 Å². The number of benzene rings is 2. The Morgan fingerprint density at radius 3 is 2.19 bits per heavy atom. The van der Waals surface area contributed by atoms with Gasteiger partial charge in [-0.15, -0.1) is 0 Å². The third kappa shape index (κ3) is 5.10. The third-order valence-electron chi connectivity index (χ3n) is 2.68. The summed E-state index contributed by atoms with van der Waals surface area (Å²) in [7, 11) is 0. The van der Waals surface area contributed by atoms with E-state index in [4.69, 9.17) is 33.0 Å². The first-order chi connectivity index (χ1) is 10.1. The smallest absolute Gasteiger partial charge is 0.130 e. The maximum absolute atomic E-state index is 9.26. The van der Waals surface area contributed by atoms with E-state index in [0.29, 0.717) is 21.5 Å². The van der Waals surface area contributed by atoms with Gasteiger partial charge in [0.25, 0.3) is 0 Å². The fourth-order valence-electron chi connectivity index (χ4n) is 1.66. The van der Waals surface area contributed by atoms with Crippen LogP contribution in [0.1, 0.15) is 0 Å². The quantitative estimate of drug-likeness (QED) is 0.759. The standard InChI is InChI=1S/C15H15Cl2NO3/c16-10-5-11(17)7-15(6-10)21-14-3-1-12(2-4-14)18-8-13(20)9-19/h1-7,13,18-20H,8-9H2. The van der Waals surface area contributed by atoms with Crippen molar-refractivity contribution in [1.82, 2.24) is 0 Å². The van der Waals surface area contributed by atoms with E-state index >= 15 is 0 Å². The Balaban J connectivity index is 1.98. The maximum Gasteiger partial charge on any atom is 0.130 e. The summed E-state index contributed by atoms with van der Waals surface area (Å²) < 4.78 is 5.66. The molecule has 6 heteroatoms. The molecule has 4 nitrogen and oxygen atoms in total. The molecule has 112 valence electrons.